The molecule has 5 rings (SSSR count). The zero-order chi connectivity index (χ0) is 23.8. The molecule has 0 aliphatic carbocycles. The third-order valence-corrected chi connectivity index (χ3v) is 6.10. The van der Waals surface area contributed by atoms with Crippen LogP contribution in [0.3, 0.4) is 0 Å². The van der Waals surface area contributed by atoms with Crippen molar-refractivity contribution in [2.24, 2.45) is 0 Å². The molecule has 2 aliphatic rings. The number of carbonyl (C=O) groups excluding carboxylic acids is 2. The molecule has 2 heterocycles. The zero-order valence-corrected chi connectivity index (χ0v) is 19.5. The quantitative estimate of drug-likeness (QED) is 0.190. The van der Waals surface area contributed by atoms with E-state index in [0.717, 1.165) is 5.56 Å². The fraction of sp³-hybridized carbons (Fsp3) is 0.154. The highest BCUT2D eigenvalue weighted by Crippen LogP contribution is 2.40. The first-order valence-electron chi connectivity index (χ1n) is 10.4. The predicted molar refractivity (Wildman–Crippen MR) is 127 cm³/mol. The minimum absolute atomic E-state index is 0.109. The summed E-state index contributed by atoms with van der Waals surface area (Å²) in [7, 11) is 0. The van der Waals surface area contributed by atoms with Crippen molar-refractivity contribution in [1.29, 1.82) is 0 Å². The minimum Gasteiger partial charge on any atom is -0.467 e. The molecule has 8 heteroatoms. The molecule has 0 spiro atoms. The molecule has 0 aromatic heterocycles. The van der Waals surface area contributed by atoms with Gasteiger partial charge in [-0.1, -0.05) is 41.9 Å². The van der Waals surface area contributed by atoms with Crippen LogP contribution in [-0.4, -0.2) is 18.5 Å². The standard InChI is InChI=1S/C26H18Cl2O6/c1-14-7-19(33-26(30)23(28)15-5-3-2-4-6-15)11-20-22(14)24(29)21(34-20)10-16-8-18(27)9-17-12-31-13-32-25(16)17/h2-11,23H,12-13H2,1H3/b21-10-. The fourth-order valence-corrected chi connectivity index (χ4v) is 4.36. The average molecular weight is 497 g/mol. The minimum atomic E-state index is -0.967. The monoisotopic (exact) mass is 496 g/mol. The molecule has 0 N–H and O–H groups in total. The van der Waals surface area contributed by atoms with Crippen molar-refractivity contribution < 1.29 is 28.5 Å². The van der Waals surface area contributed by atoms with Crippen LogP contribution in [0.4, 0.5) is 0 Å². The van der Waals surface area contributed by atoms with Crippen LogP contribution in [0, 0.1) is 6.92 Å². The van der Waals surface area contributed by atoms with E-state index in [0.29, 0.717) is 45.4 Å². The summed E-state index contributed by atoms with van der Waals surface area (Å²) in [4.78, 5) is 25.6. The van der Waals surface area contributed by atoms with E-state index in [4.69, 9.17) is 42.1 Å². The first kappa shape index (κ1) is 22.5. The topological polar surface area (TPSA) is 71.1 Å². The van der Waals surface area contributed by atoms with Gasteiger partial charge in [0, 0.05) is 22.2 Å². The van der Waals surface area contributed by atoms with Gasteiger partial charge in [-0.3, -0.25) is 4.79 Å². The van der Waals surface area contributed by atoms with Crippen LogP contribution in [0.2, 0.25) is 5.02 Å². The molecular formula is C26H18Cl2O6. The number of aryl methyl sites for hydroxylation is 1. The van der Waals surface area contributed by atoms with E-state index >= 15 is 0 Å². The Balaban J connectivity index is 1.42. The average Bonchev–Trinajstić information content (AvgIpc) is 3.14. The highest BCUT2D eigenvalue weighted by Gasteiger charge is 2.31. The second-order valence-electron chi connectivity index (χ2n) is 7.84. The van der Waals surface area contributed by atoms with E-state index in [-0.39, 0.29) is 24.1 Å². The second-order valence-corrected chi connectivity index (χ2v) is 8.71. The summed E-state index contributed by atoms with van der Waals surface area (Å²) in [5.41, 5.74) is 3.03. The van der Waals surface area contributed by atoms with Gasteiger partial charge in [0.25, 0.3) is 0 Å². The highest BCUT2D eigenvalue weighted by molar-refractivity contribution is 6.31. The van der Waals surface area contributed by atoms with Crippen molar-refractivity contribution in [2.45, 2.75) is 18.9 Å². The molecule has 34 heavy (non-hydrogen) atoms. The van der Waals surface area contributed by atoms with Gasteiger partial charge >= 0.3 is 5.97 Å². The van der Waals surface area contributed by atoms with Crippen LogP contribution in [0.15, 0.2) is 60.4 Å². The summed E-state index contributed by atoms with van der Waals surface area (Å²) in [5, 5.41) is -0.479. The maximum Gasteiger partial charge on any atom is 0.334 e. The smallest absolute Gasteiger partial charge is 0.334 e. The number of ketones is 1. The van der Waals surface area contributed by atoms with Crippen LogP contribution in [0.1, 0.15) is 38.0 Å². The van der Waals surface area contributed by atoms with Crippen molar-refractivity contribution in [3.63, 3.8) is 0 Å². The summed E-state index contributed by atoms with van der Waals surface area (Å²) in [6, 6.07) is 15.5. The van der Waals surface area contributed by atoms with Gasteiger partial charge in [0.05, 0.1) is 12.2 Å². The lowest BCUT2D eigenvalue weighted by molar-refractivity contribution is -0.134. The Kier molecular flexibility index (Phi) is 6.04. The number of hydrogen-bond acceptors (Lipinski definition) is 6. The molecule has 172 valence electrons. The molecule has 3 aromatic rings. The van der Waals surface area contributed by atoms with Gasteiger partial charge in [-0.05, 0) is 42.3 Å². The predicted octanol–water partition coefficient (Wildman–Crippen LogP) is 6.02. The summed E-state index contributed by atoms with van der Waals surface area (Å²) >= 11 is 12.5. The van der Waals surface area contributed by atoms with Crippen LogP contribution in [-0.2, 0) is 16.1 Å². The van der Waals surface area contributed by atoms with Gasteiger partial charge in [0.1, 0.15) is 17.2 Å². The van der Waals surface area contributed by atoms with Crippen LogP contribution < -0.4 is 14.2 Å². The number of halogens is 2. The van der Waals surface area contributed by atoms with Crippen molar-refractivity contribution >= 4 is 41.0 Å². The van der Waals surface area contributed by atoms with E-state index in [9.17, 15) is 9.59 Å². The third kappa shape index (κ3) is 4.28. The summed E-state index contributed by atoms with van der Waals surface area (Å²) in [6.07, 6.45) is 1.59. The van der Waals surface area contributed by atoms with Crippen LogP contribution in [0.25, 0.3) is 6.08 Å². The van der Waals surface area contributed by atoms with Crippen molar-refractivity contribution in [3.05, 3.63) is 93.2 Å². The third-order valence-electron chi connectivity index (χ3n) is 5.45. The molecule has 1 atom stereocenters. The molecule has 0 amide bonds. The van der Waals surface area contributed by atoms with E-state index in [1.54, 1.807) is 55.5 Å². The van der Waals surface area contributed by atoms with Gasteiger partial charge in [-0.25, -0.2) is 4.79 Å². The number of rotatable bonds is 4. The van der Waals surface area contributed by atoms with Crippen LogP contribution in [0.5, 0.6) is 17.2 Å². The highest BCUT2D eigenvalue weighted by atomic mass is 35.5. The van der Waals surface area contributed by atoms with Gasteiger partial charge < -0.3 is 18.9 Å². The number of alkyl halides is 1. The molecule has 6 nitrogen and oxygen atoms in total. The van der Waals surface area contributed by atoms with Gasteiger partial charge in [-0.15, -0.1) is 11.6 Å². The van der Waals surface area contributed by atoms with Crippen LogP contribution >= 0.6 is 23.2 Å². The Labute approximate surface area is 205 Å². The Morgan fingerprint density at radius 1 is 1.15 bits per heavy atom. The Hall–Kier alpha value is -3.32. The van der Waals surface area contributed by atoms with E-state index in [1.165, 1.54) is 6.07 Å². The largest absolute Gasteiger partial charge is 0.467 e. The lowest BCUT2D eigenvalue weighted by Crippen LogP contribution is -2.14. The molecule has 0 bridgehead atoms. The van der Waals surface area contributed by atoms with Crippen molar-refractivity contribution in [2.75, 3.05) is 6.79 Å². The van der Waals surface area contributed by atoms with E-state index < -0.39 is 11.3 Å². The first-order valence-corrected chi connectivity index (χ1v) is 11.2. The first-order chi connectivity index (χ1) is 16.4. The number of benzene rings is 3. The summed E-state index contributed by atoms with van der Waals surface area (Å²) in [6.45, 7) is 2.22. The van der Waals surface area contributed by atoms with Crippen molar-refractivity contribution in [1.82, 2.24) is 0 Å². The lowest BCUT2D eigenvalue weighted by atomic mass is 10.0. The molecule has 3 aromatic carbocycles. The number of esters is 1. The van der Waals surface area contributed by atoms with E-state index in [2.05, 4.69) is 0 Å². The molecule has 0 radical (unpaired) electrons. The number of ether oxygens (including phenoxy) is 4. The summed E-state index contributed by atoms with van der Waals surface area (Å²) in [5.74, 6) is 0.321. The van der Waals surface area contributed by atoms with Gasteiger partial charge in [0.2, 0.25) is 5.78 Å². The molecule has 0 fully saturated rings. The summed E-state index contributed by atoms with van der Waals surface area (Å²) < 4.78 is 22.3. The fourth-order valence-electron chi connectivity index (χ4n) is 3.92. The van der Waals surface area contributed by atoms with Gasteiger partial charge in [-0.2, -0.15) is 0 Å². The second kappa shape index (κ2) is 9.14. The Morgan fingerprint density at radius 3 is 2.74 bits per heavy atom. The number of carbonyl (C=O) groups is 2. The number of Topliss-reactive ketones (excluding diaryl/α,β-unsaturated/α-hetero) is 1. The number of hydrogen-bond donors (Lipinski definition) is 0. The molecular weight excluding hydrogens is 479 g/mol. The Morgan fingerprint density at radius 2 is 1.94 bits per heavy atom. The Bertz CT molecular complexity index is 1330. The number of allylic oxidation sites excluding steroid dienone is 1. The normalized spacial score (nSPS) is 16.3. The maximum atomic E-state index is 13.1. The van der Waals surface area contributed by atoms with Crippen molar-refractivity contribution in [3.8, 4) is 17.2 Å². The van der Waals surface area contributed by atoms with E-state index in [1.807, 2.05) is 6.07 Å². The lowest BCUT2D eigenvalue weighted by Gasteiger charge is -2.20. The SMILES string of the molecule is Cc1cc(OC(=O)C(Cl)c2ccccc2)cc2c1C(=O)/C(=C/c1cc(Cl)cc3c1OCOC3)O2. The molecule has 1 unspecified atom stereocenters. The molecule has 0 saturated heterocycles. The number of fused-ring (bicyclic) bond motifs is 2. The molecule has 2 aliphatic heterocycles. The van der Waals surface area contributed by atoms with Gasteiger partial charge in [0.15, 0.2) is 17.9 Å². The maximum absolute atomic E-state index is 13.1. The molecule has 0 saturated carbocycles. The zero-order valence-electron chi connectivity index (χ0n) is 18.0.